The molecule has 4 rings (SSSR count). The second-order valence-electron chi connectivity index (χ2n) is 8.64. The van der Waals surface area contributed by atoms with Gasteiger partial charge in [-0.2, -0.15) is 0 Å². The van der Waals surface area contributed by atoms with Crippen molar-refractivity contribution in [3.8, 4) is 11.5 Å². The number of ether oxygens (including phenoxy) is 2. The minimum Gasteiger partial charge on any atom is -0.497 e. The van der Waals surface area contributed by atoms with Crippen LogP contribution in [0.25, 0.3) is 0 Å². The summed E-state index contributed by atoms with van der Waals surface area (Å²) in [6, 6.07) is 24.0. The maximum Gasteiger partial charge on any atom is 0.254 e. The monoisotopic (exact) mass is 478 g/mol. The lowest BCUT2D eigenvalue weighted by Crippen LogP contribution is -2.51. The van der Waals surface area contributed by atoms with Gasteiger partial charge in [0.05, 0.1) is 14.2 Å². The number of benzene rings is 3. The summed E-state index contributed by atoms with van der Waals surface area (Å²) in [6.45, 7) is 1.39. The molecule has 1 amide bonds. The number of hydrogen-bond donors (Lipinski definition) is 1. The zero-order valence-electron chi connectivity index (χ0n) is 19.7. The molecule has 0 aliphatic carbocycles. The smallest absolute Gasteiger partial charge is 0.254 e. The Balaban J connectivity index is 1.53. The van der Waals surface area contributed by atoms with Gasteiger partial charge in [0.1, 0.15) is 11.5 Å². The number of amides is 1. The van der Waals surface area contributed by atoms with Crippen LogP contribution in [-0.4, -0.2) is 43.7 Å². The van der Waals surface area contributed by atoms with Crippen LogP contribution >= 0.6 is 11.6 Å². The van der Waals surface area contributed by atoms with E-state index < -0.39 is 0 Å². The molecule has 0 radical (unpaired) electrons. The topological polar surface area (TPSA) is 50.8 Å². The van der Waals surface area contributed by atoms with Crippen molar-refractivity contribution in [1.82, 2.24) is 10.2 Å². The third-order valence-electron chi connectivity index (χ3n) is 6.43. The lowest BCUT2D eigenvalue weighted by atomic mass is 9.91. The highest BCUT2D eigenvalue weighted by molar-refractivity contribution is 6.31. The van der Waals surface area contributed by atoms with Crippen LogP contribution in [0.1, 0.15) is 34.3 Å². The molecule has 6 heteroatoms. The van der Waals surface area contributed by atoms with Gasteiger partial charge in [0.15, 0.2) is 0 Å². The van der Waals surface area contributed by atoms with Gasteiger partial charge in [0.25, 0.3) is 5.91 Å². The van der Waals surface area contributed by atoms with Crippen molar-refractivity contribution in [2.75, 3.05) is 20.8 Å². The zero-order valence-corrected chi connectivity index (χ0v) is 20.4. The van der Waals surface area contributed by atoms with Crippen LogP contribution in [0.5, 0.6) is 11.5 Å². The van der Waals surface area contributed by atoms with E-state index in [9.17, 15) is 4.79 Å². The third-order valence-corrected chi connectivity index (χ3v) is 6.80. The van der Waals surface area contributed by atoms with Gasteiger partial charge < -0.3 is 19.7 Å². The molecule has 0 saturated carbocycles. The Labute approximate surface area is 206 Å². The number of hydrogen-bond acceptors (Lipinski definition) is 4. The predicted molar refractivity (Wildman–Crippen MR) is 136 cm³/mol. The first-order valence-electron chi connectivity index (χ1n) is 11.6. The summed E-state index contributed by atoms with van der Waals surface area (Å²) >= 11 is 6.35. The van der Waals surface area contributed by atoms with E-state index in [0.29, 0.717) is 36.2 Å². The van der Waals surface area contributed by atoms with Crippen LogP contribution in [0.4, 0.5) is 0 Å². The van der Waals surface area contributed by atoms with Crippen LogP contribution in [0, 0.1) is 0 Å². The third kappa shape index (κ3) is 5.91. The molecular formula is C28H31ClN2O3. The maximum atomic E-state index is 13.6. The Morgan fingerprint density at radius 1 is 1.00 bits per heavy atom. The van der Waals surface area contributed by atoms with Crippen molar-refractivity contribution in [3.63, 3.8) is 0 Å². The molecule has 0 aromatic heterocycles. The average molecular weight is 479 g/mol. The molecule has 1 N–H and O–H groups in total. The number of halogens is 1. The number of nitrogens with zero attached hydrogens (tertiary/aromatic N) is 1. The number of methoxy groups -OCH3 is 2. The number of nitrogens with one attached hydrogen (secondary N) is 1. The Morgan fingerprint density at radius 2 is 1.68 bits per heavy atom. The molecular weight excluding hydrogens is 448 g/mol. The summed E-state index contributed by atoms with van der Waals surface area (Å²) in [7, 11) is 3.19. The second kappa shape index (κ2) is 11.4. The number of rotatable bonds is 8. The molecule has 34 heavy (non-hydrogen) atoms. The van der Waals surface area contributed by atoms with E-state index in [0.717, 1.165) is 29.8 Å². The summed E-state index contributed by atoms with van der Waals surface area (Å²) in [5.74, 6) is 1.22. The van der Waals surface area contributed by atoms with Gasteiger partial charge >= 0.3 is 0 Å². The van der Waals surface area contributed by atoms with Gasteiger partial charge in [0.2, 0.25) is 0 Å². The molecule has 1 fully saturated rings. The van der Waals surface area contributed by atoms with E-state index in [1.807, 2.05) is 47.4 Å². The van der Waals surface area contributed by atoms with Gasteiger partial charge in [-0.15, -0.1) is 0 Å². The van der Waals surface area contributed by atoms with E-state index in [1.165, 1.54) is 5.56 Å². The summed E-state index contributed by atoms with van der Waals surface area (Å²) in [5.41, 5.74) is 2.89. The Morgan fingerprint density at radius 3 is 2.35 bits per heavy atom. The first kappa shape index (κ1) is 24.1. The molecule has 0 spiro atoms. The predicted octanol–water partition coefficient (Wildman–Crippen LogP) is 5.36. The Kier molecular flexibility index (Phi) is 8.09. The highest BCUT2D eigenvalue weighted by Gasteiger charge is 2.32. The van der Waals surface area contributed by atoms with Crippen molar-refractivity contribution in [2.24, 2.45) is 0 Å². The number of piperidine rings is 1. The van der Waals surface area contributed by atoms with Crippen LogP contribution < -0.4 is 14.8 Å². The van der Waals surface area contributed by atoms with Crippen molar-refractivity contribution in [2.45, 2.75) is 37.9 Å². The van der Waals surface area contributed by atoms with Crippen molar-refractivity contribution >= 4 is 17.5 Å². The van der Waals surface area contributed by atoms with Crippen LogP contribution in [0.15, 0.2) is 72.8 Å². The lowest BCUT2D eigenvalue weighted by molar-refractivity contribution is 0.0575. The zero-order chi connectivity index (χ0) is 23.9. The van der Waals surface area contributed by atoms with E-state index >= 15 is 0 Å². The van der Waals surface area contributed by atoms with E-state index in [1.54, 1.807) is 32.4 Å². The first-order valence-corrected chi connectivity index (χ1v) is 12.0. The summed E-state index contributed by atoms with van der Waals surface area (Å²) in [5, 5.41) is 4.44. The molecule has 5 nitrogen and oxygen atoms in total. The van der Waals surface area contributed by atoms with Gasteiger partial charge in [-0.05, 0) is 48.6 Å². The summed E-state index contributed by atoms with van der Waals surface area (Å²) < 4.78 is 10.8. The molecule has 3 aromatic carbocycles. The van der Waals surface area contributed by atoms with Crippen molar-refractivity contribution in [3.05, 3.63) is 94.5 Å². The molecule has 1 saturated heterocycles. The number of carbonyl (C=O) groups excluding carboxylic acids is 1. The molecule has 2 unspecified atom stereocenters. The SMILES string of the molecule is COc1cc(OC)cc(C(=O)N2CCC(NCc3ccccc3Cl)CC2Cc2ccccc2)c1. The van der Waals surface area contributed by atoms with Gasteiger partial charge in [0, 0.05) is 41.8 Å². The molecule has 0 bridgehead atoms. The van der Waals surface area contributed by atoms with Crippen LogP contribution in [-0.2, 0) is 13.0 Å². The first-order chi connectivity index (χ1) is 16.6. The summed E-state index contributed by atoms with van der Waals surface area (Å²) in [6.07, 6.45) is 2.55. The van der Waals surface area contributed by atoms with Gasteiger partial charge in [-0.1, -0.05) is 60.1 Å². The fourth-order valence-electron chi connectivity index (χ4n) is 4.58. The highest BCUT2D eigenvalue weighted by atomic mass is 35.5. The fourth-order valence-corrected chi connectivity index (χ4v) is 4.78. The average Bonchev–Trinajstić information content (AvgIpc) is 2.88. The van der Waals surface area contributed by atoms with E-state index in [2.05, 4.69) is 17.4 Å². The molecule has 1 aliphatic rings. The molecule has 178 valence electrons. The normalized spacial score (nSPS) is 17.9. The minimum atomic E-state index is 0.00249. The molecule has 2 atom stereocenters. The maximum absolute atomic E-state index is 13.6. The van der Waals surface area contributed by atoms with Crippen molar-refractivity contribution in [1.29, 1.82) is 0 Å². The molecule has 1 heterocycles. The van der Waals surface area contributed by atoms with Gasteiger partial charge in [-0.3, -0.25) is 4.79 Å². The van der Waals surface area contributed by atoms with Gasteiger partial charge in [-0.25, -0.2) is 0 Å². The quantitative estimate of drug-likeness (QED) is 0.473. The van der Waals surface area contributed by atoms with Crippen molar-refractivity contribution < 1.29 is 14.3 Å². The minimum absolute atomic E-state index is 0.00249. The number of carbonyl (C=O) groups is 1. The fraction of sp³-hybridized carbons (Fsp3) is 0.321. The number of likely N-dealkylation sites (tertiary alicyclic amines) is 1. The Bertz CT molecular complexity index is 1080. The highest BCUT2D eigenvalue weighted by Crippen LogP contribution is 2.28. The molecule has 1 aliphatic heterocycles. The standard InChI is InChI=1S/C28H31ClN2O3/c1-33-25-15-22(16-26(18-25)34-2)28(32)31-13-12-23(30-19-21-10-6-7-11-27(21)29)17-24(31)14-20-8-4-3-5-9-20/h3-11,15-16,18,23-24,30H,12-14,17,19H2,1-2H3. The lowest BCUT2D eigenvalue weighted by Gasteiger charge is -2.40. The van der Waals surface area contributed by atoms with E-state index in [4.69, 9.17) is 21.1 Å². The Hall–Kier alpha value is -3.02. The second-order valence-corrected chi connectivity index (χ2v) is 9.04. The van der Waals surface area contributed by atoms with Crippen LogP contribution in [0.2, 0.25) is 5.02 Å². The van der Waals surface area contributed by atoms with Crippen LogP contribution in [0.3, 0.4) is 0 Å². The summed E-state index contributed by atoms with van der Waals surface area (Å²) in [4.78, 5) is 15.7. The molecule has 3 aromatic rings. The van der Waals surface area contributed by atoms with E-state index in [-0.39, 0.29) is 11.9 Å². The largest absolute Gasteiger partial charge is 0.497 e.